The summed E-state index contributed by atoms with van der Waals surface area (Å²) in [4.78, 5) is 0. The third-order valence-electron chi connectivity index (χ3n) is 2.80. The maximum absolute atomic E-state index is 9.78. The first kappa shape index (κ1) is 16.0. The highest BCUT2D eigenvalue weighted by atomic mass is 16.5. The molecule has 0 spiro atoms. The van der Waals surface area contributed by atoms with Gasteiger partial charge in [-0.05, 0) is 32.4 Å². The molecule has 0 saturated carbocycles. The number of rotatable bonds is 9. The molecule has 1 rings (SSSR count). The summed E-state index contributed by atoms with van der Waals surface area (Å²) in [5.41, 5.74) is 3.48. The Hall–Kier alpha value is -1.10. The molecule has 1 atom stereocenters. The Morgan fingerprint density at radius 1 is 1.21 bits per heavy atom. The van der Waals surface area contributed by atoms with E-state index >= 15 is 0 Å². The lowest BCUT2D eigenvalue weighted by atomic mass is 10.1. The van der Waals surface area contributed by atoms with Crippen molar-refractivity contribution in [1.82, 2.24) is 0 Å². The number of aryl methyl sites for hydroxylation is 2. The predicted octanol–water partition coefficient (Wildman–Crippen LogP) is 2.13. The highest BCUT2D eigenvalue weighted by Gasteiger charge is 2.05. The molecule has 0 saturated heterocycles. The Labute approximate surface area is 115 Å². The van der Waals surface area contributed by atoms with Gasteiger partial charge in [-0.1, -0.05) is 17.7 Å². The number of aliphatic hydroxyl groups excluding tert-OH is 1. The Balaban J connectivity index is 2.20. The summed E-state index contributed by atoms with van der Waals surface area (Å²) in [5, 5.41) is 13.0. The van der Waals surface area contributed by atoms with Crippen molar-refractivity contribution < 1.29 is 14.6 Å². The highest BCUT2D eigenvalue weighted by molar-refractivity contribution is 5.51. The van der Waals surface area contributed by atoms with Crippen molar-refractivity contribution in [1.29, 1.82) is 0 Å². The predicted molar refractivity (Wildman–Crippen MR) is 77.7 cm³/mol. The minimum atomic E-state index is -0.512. The van der Waals surface area contributed by atoms with Crippen LogP contribution in [0.4, 0.5) is 5.69 Å². The van der Waals surface area contributed by atoms with Gasteiger partial charge in [-0.25, -0.2) is 0 Å². The molecule has 19 heavy (non-hydrogen) atoms. The van der Waals surface area contributed by atoms with Gasteiger partial charge in [-0.15, -0.1) is 0 Å². The fraction of sp³-hybridized carbons (Fsp3) is 0.600. The van der Waals surface area contributed by atoms with Gasteiger partial charge < -0.3 is 19.9 Å². The SMILES string of the molecule is CCOCCOCC(O)CNc1ccc(C)cc1C. The molecule has 0 aliphatic heterocycles. The van der Waals surface area contributed by atoms with Crippen LogP contribution in [0.25, 0.3) is 0 Å². The molecule has 0 aliphatic rings. The minimum absolute atomic E-state index is 0.324. The van der Waals surface area contributed by atoms with Gasteiger partial charge in [0.25, 0.3) is 0 Å². The van der Waals surface area contributed by atoms with Gasteiger partial charge in [0.15, 0.2) is 0 Å². The third-order valence-corrected chi connectivity index (χ3v) is 2.80. The first-order chi connectivity index (χ1) is 9.13. The van der Waals surface area contributed by atoms with Gasteiger partial charge in [-0.2, -0.15) is 0 Å². The second kappa shape index (κ2) is 8.91. The first-order valence-corrected chi connectivity index (χ1v) is 6.78. The molecule has 0 amide bonds. The van der Waals surface area contributed by atoms with E-state index < -0.39 is 6.10 Å². The van der Waals surface area contributed by atoms with E-state index in [1.165, 1.54) is 11.1 Å². The number of ether oxygens (including phenoxy) is 2. The highest BCUT2D eigenvalue weighted by Crippen LogP contribution is 2.15. The van der Waals surface area contributed by atoms with E-state index in [-0.39, 0.29) is 0 Å². The molecule has 4 heteroatoms. The largest absolute Gasteiger partial charge is 0.389 e. The lowest BCUT2D eigenvalue weighted by Crippen LogP contribution is -2.25. The van der Waals surface area contributed by atoms with Crippen LogP contribution in [0.2, 0.25) is 0 Å². The van der Waals surface area contributed by atoms with Crippen LogP contribution >= 0.6 is 0 Å². The van der Waals surface area contributed by atoms with Crippen molar-refractivity contribution in [3.63, 3.8) is 0 Å². The number of benzene rings is 1. The summed E-state index contributed by atoms with van der Waals surface area (Å²) >= 11 is 0. The van der Waals surface area contributed by atoms with Crippen LogP contribution in [-0.4, -0.2) is 44.2 Å². The first-order valence-electron chi connectivity index (χ1n) is 6.78. The van der Waals surface area contributed by atoms with Crippen LogP contribution in [0, 0.1) is 13.8 Å². The van der Waals surface area contributed by atoms with Crippen molar-refractivity contribution in [2.24, 2.45) is 0 Å². The molecular weight excluding hydrogens is 242 g/mol. The van der Waals surface area contributed by atoms with Crippen LogP contribution < -0.4 is 5.32 Å². The molecule has 0 fully saturated rings. The second-order valence-electron chi connectivity index (χ2n) is 4.62. The number of aliphatic hydroxyl groups is 1. The van der Waals surface area contributed by atoms with Crippen molar-refractivity contribution in [3.8, 4) is 0 Å². The Morgan fingerprint density at radius 2 is 1.95 bits per heavy atom. The van der Waals surface area contributed by atoms with Crippen molar-refractivity contribution >= 4 is 5.69 Å². The van der Waals surface area contributed by atoms with Crippen molar-refractivity contribution in [2.45, 2.75) is 26.9 Å². The molecule has 0 radical (unpaired) electrons. The lowest BCUT2D eigenvalue weighted by Gasteiger charge is -2.15. The molecule has 0 aliphatic carbocycles. The van der Waals surface area contributed by atoms with Gasteiger partial charge >= 0.3 is 0 Å². The Morgan fingerprint density at radius 3 is 2.63 bits per heavy atom. The van der Waals surface area contributed by atoms with Gasteiger partial charge in [-0.3, -0.25) is 0 Å². The van der Waals surface area contributed by atoms with E-state index in [1.54, 1.807) is 0 Å². The molecular formula is C15H25NO3. The average Bonchev–Trinajstić information content (AvgIpc) is 2.37. The van der Waals surface area contributed by atoms with E-state index in [0.717, 1.165) is 5.69 Å². The minimum Gasteiger partial charge on any atom is -0.389 e. The number of nitrogens with one attached hydrogen (secondary N) is 1. The second-order valence-corrected chi connectivity index (χ2v) is 4.62. The molecule has 108 valence electrons. The molecule has 0 aromatic heterocycles. The van der Waals surface area contributed by atoms with E-state index in [2.05, 4.69) is 31.3 Å². The van der Waals surface area contributed by atoms with E-state index in [1.807, 2.05) is 13.0 Å². The maximum Gasteiger partial charge on any atom is 0.0945 e. The normalized spacial score (nSPS) is 12.4. The van der Waals surface area contributed by atoms with E-state index in [9.17, 15) is 5.11 Å². The monoisotopic (exact) mass is 267 g/mol. The van der Waals surface area contributed by atoms with Crippen LogP contribution in [0.5, 0.6) is 0 Å². The van der Waals surface area contributed by atoms with Gasteiger partial charge in [0.2, 0.25) is 0 Å². The zero-order valence-electron chi connectivity index (χ0n) is 12.1. The molecule has 0 bridgehead atoms. The average molecular weight is 267 g/mol. The summed E-state index contributed by atoms with van der Waals surface area (Å²) < 4.78 is 10.5. The zero-order chi connectivity index (χ0) is 14.1. The number of anilines is 1. The van der Waals surface area contributed by atoms with Gasteiger partial charge in [0, 0.05) is 18.8 Å². The fourth-order valence-electron chi connectivity index (χ4n) is 1.78. The fourth-order valence-corrected chi connectivity index (χ4v) is 1.78. The number of hydrogen-bond donors (Lipinski definition) is 2. The standard InChI is InChI=1S/C15H25NO3/c1-4-18-7-8-19-11-14(17)10-16-15-6-5-12(2)9-13(15)3/h5-6,9,14,16-17H,4,7-8,10-11H2,1-3H3. The zero-order valence-corrected chi connectivity index (χ0v) is 12.1. The summed E-state index contributed by atoms with van der Waals surface area (Å²) in [6.07, 6.45) is -0.512. The molecule has 1 aromatic carbocycles. The van der Waals surface area contributed by atoms with Gasteiger partial charge in [0.1, 0.15) is 0 Å². The smallest absolute Gasteiger partial charge is 0.0945 e. The summed E-state index contributed by atoms with van der Waals surface area (Å²) in [5.74, 6) is 0. The maximum atomic E-state index is 9.78. The van der Waals surface area contributed by atoms with E-state index in [4.69, 9.17) is 9.47 Å². The van der Waals surface area contributed by atoms with Crippen LogP contribution in [0.3, 0.4) is 0 Å². The number of hydrogen-bond acceptors (Lipinski definition) is 4. The summed E-state index contributed by atoms with van der Waals surface area (Å²) in [7, 11) is 0. The van der Waals surface area contributed by atoms with Crippen molar-refractivity contribution in [3.05, 3.63) is 29.3 Å². The summed E-state index contributed by atoms with van der Waals surface area (Å²) in [6, 6.07) is 6.21. The molecule has 1 aromatic rings. The summed E-state index contributed by atoms with van der Waals surface area (Å²) in [6.45, 7) is 8.67. The van der Waals surface area contributed by atoms with Crippen LogP contribution in [0.15, 0.2) is 18.2 Å². The topological polar surface area (TPSA) is 50.7 Å². The van der Waals surface area contributed by atoms with Crippen LogP contribution in [0.1, 0.15) is 18.1 Å². The lowest BCUT2D eigenvalue weighted by molar-refractivity contribution is 0.0103. The van der Waals surface area contributed by atoms with Crippen molar-refractivity contribution in [2.75, 3.05) is 38.3 Å². The molecule has 0 heterocycles. The quantitative estimate of drug-likeness (QED) is 0.673. The third kappa shape index (κ3) is 6.57. The Kier molecular flexibility index (Phi) is 7.48. The Bertz CT molecular complexity index is 368. The molecule has 4 nitrogen and oxygen atoms in total. The molecule has 2 N–H and O–H groups in total. The van der Waals surface area contributed by atoms with Gasteiger partial charge in [0.05, 0.1) is 25.9 Å². The van der Waals surface area contributed by atoms with E-state index in [0.29, 0.717) is 33.0 Å². The molecule has 1 unspecified atom stereocenters. The van der Waals surface area contributed by atoms with Crippen LogP contribution in [-0.2, 0) is 9.47 Å².